The van der Waals surface area contributed by atoms with Crippen LogP contribution in [0.2, 0.25) is 5.02 Å². The molecule has 174 valence electrons. The van der Waals surface area contributed by atoms with Gasteiger partial charge in [-0.15, -0.1) is 0 Å². The second kappa shape index (κ2) is 10.4. The molecule has 0 spiro atoms. The molecule has 0 radical (unpaired) electrons. The van der Waals surface area contributed by atoms with E-state index < -0.39 is 5.37 Å². The van der Waals surface area contributed by atoms with Crippen LogP contribution in [0.1, 0.15) is 10.9 Å². The Morgan fingerprint density at radius 2 is 1.66 bits per heavy atom. The van der Waals surface area contributed by atoms with Crippen molar-refractivity contribution in [2.75, 3.05) is 5.43 Å². The third-order valence-corrected chi connectivity index (χ3v) is 7.43. The smallest absolute Gasteiger partial charge is 0.280 e. The lowest BCUT2D eigenvalue weighted by atomic mass is 10.2. The van der Waals surface area contributed by atoms with Crippen LogP contribution in [0.4, 0.5) is 4.39 Å². The van der Waals surface area contributed by atoms with Crippen LogP contribution in [-0.2, 0) is 0 Å². The van der Waals surface area contributed by atoms with E-state index in [1.807, 2.05) is 72.8 Å². The van der Waals surface area contributed by atoms with Gasteiger partial charge in [-0.3, -0.25) is 4.79 Å². The van der Waals surface area contributed by atoms with Crippen molar-refractivity contribution in [1.29, 1.82) is 0 Å². The Morgan fingerprint density at radius 3 is 2.37 bits per heavy atom. The summed E-state index contributed by atoms with van der Waals surface area (Å²) in [5.41, 5.74) is 5.38. The van der Waals surface area contributed by atoms with Crippen molar-refractivity contribution >= 4 is 56.9 Å². The standard InChI is InChI=1S/C27H18ClFIN3OS/c28-19-8-13-22(14-9-19)35-26(18-6-10-20(29)11-7-18)32-33-25(17-4-2-1-3-5-17)31-24-15-12-21(30)16-23(24)27(33)34/h1-16,26,32H. The van der Waals surface area contributed by atoms with Crippen molar-refractivity contribution < 1.29 is 4.39 Å². The van der Waals surface area contributed by atoms with Crippen LogP contribution in [0.5, 0.6) is 0 Å². The van der Waals surface area contributed by atoms with Gasteiger partial charge in [-0.05, 0) is 82.8 Å². The minimum atomic E-state index is -0.418. The first-order chi connectivity index (χ1) is 17.0. The summed E-state index contributed by atoms with van der Waals surface area (Å²) in [5, 5.41) is 0.731. The van der Waals surface area contributed by atoms with Crippen molar-refractivity contribution in [2.24, 2.45) is 0 Å². The van der Waals surface area contributed by atoms with Crippen LogP contribution in [0, 0.1) is 9.39 Å². The number of hydrogen-bond donors (Lipinski definition) is 1. The van der Waals surface area contributed by atoms with Gasteiger partial charge in [0.15, 0.2) is 5.82 Å². The number of rotatable bonds is 6. The highest BCUT2D eigenvalue weighted by Crippen LogP contribution is 2.35. The number of thioether (sulfide) groups is 1. The Hall–Kier alpha value is -2.88. The van der Waals surface area contributed by atoms with E-state index in [2.05, 4.69) is 28.0 Å². The van der Waals surface area contributed by atoms with Crippen LogP contribution in [0.25, 0.3) is 22.3 Å². The second-order valence-electron chi connectivity index (χ2n) is 7.74. The number of nitrogens with one attached hydrogen (secondary N) is 1. The Morgan fingerprint density at radius 1 is 0.943 bits per heavy atom. The largest absolute Gasteiger partial charge is 0.303 e. The zero-order chi connectivity index (χ0) is 24.4. The molecular formula is C27H18ClFIN3OS. The molecule has 0 bridgehead atoms. The molecule has 0 aliphatic carbocycles. The highest BCUT2D eigenvalue weighted by Gasteiger charge is 2.19. The van der Waals surface area contributed by atoms with Crippen LogP contribution < -0.4 is 11.0 Å². The first-order valence-electron chi connectivity index (χ1n) is 10.7. The molecule has 1 atom stereocenters. The first-order valence-corrected chi connectivity index (χ1v) is 13.0. The molecule has 5 rings (SSSR count). The Labute approximate surface area is 224 Å². The van der Waals surface area contributed by atoms with E-state index in [0.29, 0.717) is 21.7 Å². The summed E-state index contributed by atoms with van der Waals surface area (Å²) in [7, 11) is 0. The number of benzene rings is 4. The van der Waals surface area contributed by atoms with E-state index in [-0.39, 0.29) is 11.4 Å². The van der Waals surface area contributed by atoms with Crippen LogP contribution in [0.15, 0.2) is 107 Å². The molecule has 0 saturated heterocycles. The fraction of sp³-hybridized carbons (Fsp3) is 0.0370. The number of aromatic nitrogens is 2. The summed E-state index contributed by atoms with van der Waals surface area (Å²) in [4.78, 5) is 19.5. The Kier molecular flexibility index (Phi) is 7.08. The van der Waals surface area contributed by atoms with E-state index in [1.54, 1.807) is 12.1 Å². The summed E-state index contributed by atoms with van der Waals surface area (Å²) in [6.45, 7) is 0. The summed E-state index contributed by atoms with van der Waals surface area (Å²) in [6.07, 6.45) is 0. The van der Waals surface area contributed by atoms with Gasteiger partial charge in [0.2, 0.25) is 0 Å². The van der Waals surface area contributed by atoms with Crippen molar-refractivity contribution in [3.8, 4) is 11.4 Å². The number of fused-ring (bicyclic) bond motifs is 1. The van der Waals surface area contributed by atoms with E-state index in [4.69, 9.17) is 16.6 Å². The third kappa shape index (κ3) is 5.37. The van der Waals surface area contributed by atoms with E-state index in [1.165, 1.54) is 28.6 Å². The van der Waals surface area contributed by atoms with Gasteiger partial charge in [0.05, 0.1) is 10.9 Å². The molecule has 5 aromatic rings. The van der Waals surface area contributed by atoms with E-state index in [0.717, 1.165) is 19.6 Å². The molecule has 1 aromatic heterocycles. The van der Waals surface area contributed by atoms with Gasteiger partial charge in [-0.2, -0.15) is 0 Å². The molecular weight excluding hydrogens is 596 g/mol. The van der Waals surface area contributed by atoms with Crippen LogP contribution >= 0.6 is 46.0 Å². The number of nitrogens with zero attached hydrogens (tertiary/aromatic N) is 2. The Balaban J connectivity index is 1.66. The van der Waals surface area contributed by atoms with Gasteiger partial charge < -0.3 is 5.43 Å². The van der Waals surface area contributed by atoms with Gasteiger partial charge in [-0.1, -0.05) is 65.8 Å². The minimum Gasteiger partial charge on any atom is -0.303 e. The normalized spacial score (nSPS) is 12.0. The molecule has 1 heterocycles. The van der Waals surface area contributed by atoms with Crippen LogP contribution in [-0.4, -0.2) is 9.66 Å². The van der Waals surface area contributed by atoms with Crippen molar-refractivity contribution in [3.63, 3.8) is 0 Å². The average Bonchev–Trinajstić information content (AvgIpc) is 2.87. The molecule has 0 aliphatic rings. The molecule has 1 N–H and O–H groups in total. The number of hydrogen-bond acceptors (Lipinski definition) is 4. The zero-order valence-electron chi connectivity index (χ0n) is 18.2. The fourth-order valence-corrected chi connectivity index (χ4v) is 5.27. The second-order valence-corrected chi connectivity index (χ2v) is 10.6. The summed E-state index contributed by atoms with van der Waals surface area (Å²) in [5.74, 6) is 0.168. The Bertz CT molecular complexity index is 1540. The predicted molar refractivity (Wildman–Crippen MR) is 150 cm³/mol. The van der Waals surface area contributed by atoms with Gasteiger partial charge >= 0.3 is 0 Å². The molecule has 4 aromatic carbocycles. The van der Waals surface area contributed by atoms with E-state index in [9.17, 15) is 9.18 Å². The molecule has 0 saturated carbocycles. The number of halogens is 3. The molecule has 4 nitrogen and oxygen atoms in total. The lowest BCUT2D eigenvalue weighted by molar-refractivity contribution is 0.626. The quantitative estimate of drug-likeness (QED) is 0.122. The molecule has 8 heteroatoms. The van der Waals surface area contributed by atoms with Crippen molar-refractivity contribution in [2.45, 2.75) is 10.3 Å². The predicted octanol–water partition coefficient (Wildman–Crippen LogP) is 7.50. The van der Waals surface area contributed by atoms with Crippen molar-refractivity contribution in [3.05, 3.63) is 127 Å². The van der Waals surface area contributed by atoms with E-state index >= 15 is 0 Å². The maximum Gasteiger partial charge on any atom is 0.280 e. The zero-order valence-corrected chi connectivity index (χ0v) is 21.9. The monoisotopic (exact) mass is 613 g/mol. The highest BCUT2D eigenvalue weighted by atomic mass is 127. The maximum atomic E-state index is 13.8. The molecule has 35 heavy (non-hydrogen) atoms. The topological polar surface area (TPSA) is 46.9 Å². The van der Waals surface area contributed by atoms with Gasteiger partial charge in [0, 0.05) is 19.1 Å². The summed E-state index contributed by atoms with van der Waals surface area (Å²) < 4.78 is 16.1. The SMILES string of the molecule is O=c1c2cc(I)ccc2nc(-c2ccccc2)n1NC(Sc1ccc(Cl)cc1)c1ccc(F)cc1. The molecule has 0 fully saturated rings. The maximum absolute atomic E-state index is 13.8. The minimum absolute atomic E-state index is 0.212. The summed E-state index contributed by atoms with van der Waals surface area (Å²) in [6, 6.07) is 28.9. The lowest BCUT2D eigenvalue weighted by Crippen LogP contribution is -2.33. The average molecular weight is 614 g/mol. The highest BCUT2D eigenvalue weighted by molar-refractivity contribution is 14.1. The molecule has 1 unspecified atom stereocenters. The van der Waals surface area contributed by atoms with Crippen molar-refractivity contribution in [1.82, 2.24) is 9.66 Å². The molecule has 0 aliphatic heterocycles. The lowest BCUT2D eigenvalue weighted by Gasteiger charge is -2.23. The van der Waals surface area contributed by atoms with Gasteiger partial charge in [0.1, 0.15) is 11.2 Å². The van der Waals surface area contributed by atoms with Crippen LogP contribution in [0.3, 0.4) is 0 Å². The summed E-state index contributed by atoms with van der Waals surface area (Å²) >= 11 is 9.75. The molecule has 0 amide bonds. The fourth-order valence-electron chi connectivity index (χ4n) is 3.63. The third-order valence-electron chi connectivity index (χ3n) is 5.35. The van der Waals surface area contributed by atoms with Gasteiger partial charge in [0.25, 0.3) is 5.56 Å². The van der Waals surface area contributed by atoms with Gasteiger partial charge in [-0.25, -0.2) is 14.1 Å². The first kappa shape index (κ1) is 23.8.